The lowest BCUT2D eigenvalue weighted by Gasteiger charge is -2.18. The average Bonchev–Trinajstić information content (AvgIpc) is 3.23. The van der Waals surface area contributed by atoms with Crippen LogP contribution in [0.1, 0.15) is 25.5 Å². The second kappa shape index (κ2) is 7.16. The Morgan fingerprint density at radius 3 is 2.86 bits per heavy atom. The summed E-state index contributed by atoms with van der Waals surface area (Å²) in [6.45, 7) is 3.70. The molecule has 0 aliphatic carbocycles. The van der Waals surface area contributed by atoms with Gasteiger partial charge in [0.2, 0.25) is 5.91 Å². The van der Waals surface area contributed by atoms with Crippen LogP contribution in [0.25, 0.3) is 22.1 Å². The summed E-state index contributed by atoms with van der Waals surface area (Å²) in [5.74, 6) is -0.165. The number of benzene rings is 1. The molecule has 8 nitrogen and oxygen atoms in total. The number of aromatic nitrogens is 5. The summed E-state index contributed by atoms with van der Waals surface area (Å²) in [5, 5.41) is 3.88. The van der Waals surface area contributed by atoms with Gasteiger partial charge in [-0.15, -0.1) is 0 Å². The number of nitrogens with zero attached hydrogens (tertiary/aromatic N) is 5. The highest BCUT2D eigenvalue weighted by Gasteiger charge is 2.21. The molecular formula is C20H22FN7O. The fourth-order valence-electron chi connectivity index (χ4n) is 3.63. The van der Waals surface area contributed by atoms with Crippen molar-refractivity contribution in [1.82, 2.24) is 29.4 Å². The Morgan fingerprint density at radius 2 is 2.07 bits per heavy atom. The van der Waals surface area contributed by atoms with Crippen molar-refractivity contribution in [2.24, 2.45) is 7.05 Å². The van der Waals surface area contributed by atoms with Crippen LogP contribution in [0.15, 0.2) is 37.1 Å². The van der Waals surface area contributed by atoms with Crippen molar-refractivity contribution < 1.29 is 9.18 Å². The van der Waals surface area contributed by atoms with Gasteiger partial charge in [0.25, 0.3) is 0 Å². The maximum atomic E-state index is 13.7. The normalized spacial score (nSPS) is 13.7. The molecule has 0 radical (unpaired) electrons. The molecule has 0 saturated carbocycles. The van der Waals surface area contributed by atoms with Gasteiger partial charge in [-0.05, 0) is 44.0 Å². The Labute approximate surface area is 166 Å². The maximum Gasteiger partial charge on any atom is 0.243 e. The van der Waals surface area contributed by atoms with Crippen molar-refractivity contribution in [2.45, 2.75) is 32.4 Å². The minimum Gasteiger partial charge on any atom is -0.382 e. The van der Waals surface area contributed by atoms with Gasteiger partial charge in [-0.25, -0.2) is 19.3 Å². The lowest BCUT2D eigenvalue weighted by Crippen LogP contribution is -2.38. The highest BCUT2D eigenvalue weighted by atomic mass is 19.1. The number of nitrogens with one attached hydrogen (secondary N) is 1. The van der Waals surface area contributed by atoms with Crippen LogP contribution in [0.3, 0.4) is 0 Å². The molecule has 150 valence electrons. The van der Waals surface area contributed by atoms with Crippen molar-refractivity contribution in [3.8, 4) is 0 Å². The third-order valence-electron chi connectivity index (χ3n) is 5.13. The number of aryl methyl sites for hydroxylation is 1. The van der Waals surface area contributed by atoms with Crippen molar-refractivity contribution in [2.75, 3.05) is 5.73 Å². The second-order valence-electron chi connectivity index (χ2n) is 7.30. The Kier molecular flexibility index (Phi) is 4.65. The fraction of sp³-hybridized carbons (Fsp3) is 0.300. The summed E-state index contributed by atoms with van der Waals surface area (Å²) < 4.78 is 17.3. The van der Waals surface area contributed by atoms with Gasteiger partial charge in [0.15, 0.2) is 11.5 Å². The topological polar surface area (TPSA) is 104 Å². The van der Waals surface area contributed by atoms with E-state index in [0.29, 0.717) is 17.6 Å². The quantitative estimate of drug-likeness (QED) is 0.540. The summed E-state index contributed by atoms with van der Waals surface area (Å²) >= 11 is 0. The van der Waals surface area contributed by atoms with Crippen molar-refractivity contribution in [3.63, 3.8) is 0 Å². The van der Waals surface area contributed by atoms with E-state index in [0.717, 1.165) is 16.5 Å². The maximum absolute atomic E-state index is 13.7. The molecule has 0 aliphatic rings. The summed E-state index contributed by atoms with van der Waals surface area (Å²) in [6, 6.07) is 4.07. The summed E-state index contributed by atoms with van der Waals surface area (Å²) in [5.41, 5.74) is 8.73. The zero-order valence-corrected chi connectivity index (χ0v) is 16.4. The predicted octanol–water partition coefficient (Wildman–Crippen LogP) is 2.35. The van der Waals surface area contributed by atoms with Gasteiger partial charge in [-0.1, -0.05) is 0 Å². The van der Waals surface area contributed by atoms with Crippen LogP contribution < -0.4 is 11.1 Å². The molecule has 4 rings (SSSR count). The van der Waals surface area contributed by atoms with Crippen LogP contribution >= 0.6 is 0 Å². The minimum absolute atomic E-state index is 0.145. The molecular weight excluding hydrogens is 373 g/mol. The van der Waals surface area contributed by atoms with E-state index in [1.165, 1.54) is 24.8 Å². The third-order valence-corrected chi connectivity index (χ3v) is 5.13. The molecule has 29 heavy (non-hydrogen) atoms. The number of hydrogen-bond donors (Lipinski definition) is 2. The first-order valence-electron chi connectivity index (χ1n) is 9.32. The first-order chi connectivity index (χ1) is 13.8. The van der Waals surface area contributed by atoms with Gasteiger partial charge in [-0.2, -0.15) is 0 Å². The van der Waals surface area contributed by atoms with Gasteiger partial charge < -0.3 is 20.2 Å². The number of carbonyl (C=O) groups excluding carboxylic acids is 1. The van der Waals surface area contributed by atoms with Gasteiger partial charge in [0.05, 0.1) is 6.33 Å². The molecule has 0 fully saturated rings. The number of hydrogen-bond acceptors (Lipinski definition) is 5. The summed E-state index contributed by atoms with van der Waals surface area (Å²) in [6.07, 6.45) is 5.44. The Bertz CT molecular complexity index is 1210. The molecule has 2 unspecified atom stereocenters. The van der Waals surface area contributed by atoms with Crippen molar-refractivity contribution in [1.29, 1.82) is 0 Å². The van der Waals surface area contributed by atoms with Crippen LogP contribution in [0.5, 0.6) is 0 Å². The van der Waals surface area contributed by atoms with Gasteiger partial charge in [-0.3, -0.25) is 4.79 Å². The zero-order valence-electron chi connectivity index (χ0n) is 16.4. The van der Waals surface area contributed by atoms with E-state index in [2.05, 4.69) is 20.3 Å². The number of amides is 1. The van der Waals surface area contributed by atoms with Gasteiger partial charge in [0, 0.05) is 30.2 Å². The highest BCUT2D eigenvalue weighted by Crippen LogP contribution is 2.23. The number of rotatable bonds is 5. The van der Waals surface area contributed by atoms with Gasteiger partial charge in [0.1, 0.15) is 23.7 Å². The fourth-order valence-corrected chi connectivity index (χ4v) is 3.63. The molecule has 1 amide bonds. The van der Waals surface area contributed by atoms with Crippen LogP contribution in [-0.2, 0) is 18.3 Å². The SMILES string of the molecule is CC(Cc1cn(C)c2ccc(F)cc12)NC(=O)C(C)n1cnc2c(N)ncnc21. The van der Waals surface area contributed by atoms with Crippen LogP contribution in [0, 0.1) is 5.82 Å². The van der Waals surface area contributed by atoms with Crippen molar-refractivity contribution >= 4 is 33.8 Å². The molecule has 4 aromatic rings. The minimum atomic E-state index is -0.526. The largest absolute Gasteiger partial charge is 0.382 e. The van der Waals surface area contributed by atoms with E-state index in [1.807, 2.05) is 24.7 Å². The first-order valence-corrected chi connectivity index (χ1v) is 9.32. The molecule has 0 spiro atoms. The zero-order chi connectivity index (χ0) is 20.7. The van der Waals surface area contributed by atoms with Crippen LogP contribution in [-0.4, -0.2) is 36.0 Å². The molecule has 2 atom stereocenters. The smallest absolute Gasteiger partial charge is 0.243 e. The molecule has 0 saturated heterocycles. The number of nitrogen functional groups attached to an aromatic ring is 1. The standard InChI is InChI=1S/C20H22FN7O/c1-11(6-13-8-27(3)16-5-4-14(21)7-15(13)16)26-20(29)12(2)28-10-25-17-18(22)23-9-24-19(17)28/h4-5,7-12H,6H2,1-3H3,(H,26,29)(H2,22,23,24). The number of fused-ring (bicyclic) bond motifs is 2. The van der Waals surface area contributed by atoms with Gasteiger partial charge >= 0.3 is 0 Å². The number of nitrogens with two attached hydrogens (primary N) is 1. The van der Waals surface area contributed by atoms with E-state index in [4.69, 9.17) is 5.73 Å². The number of anilines is 1. The monoisotopic (exact) mass is 395 g/mol. The molecule has 3 aromatic heterocycles. The van der Waals surface area contributed by atoms with E-state index in [-0.39, 0.29) is 23.6 Å². The summed E-state index contributed by atoms with van der Waals surface area (Å²) in [4.78, 5) is 25.1. The number of halogens is 1. The number of imidazole rings is 1. The molecule has 1 aromatic carbocycles. The molecule has 3 heterocycles. The summed E-state index contributed by atoms with van der Waals surface area (Å²) in [7, 11) is 1.92. The lowest BCUT2D eigenvalue weighted by molar-refractivity contribution is -0.124. The molecule has 0 bridgehead atoms. The van der Waals surface area contributed by atoms with E-state index >= 15 is 0 Å². The van der Waals surface area contributed by atoms with E-state index in [9.17, 15) is 9.18 Å². The van der Waals surface area contributed by atoms with Crippen molar-refractivity contribution in [3.05, 3.63) is 48.4 Å². The number of carbonyl (C=O) groups is 1. The molecule has 3 N–H and O–H groups in total. The average molecular weight is 395 g/mol. The lowest BCUT2D eigenvalue weighted by atomic mass is 10.1. The highest BCUT2D eigenvalue weighted by molar-refractivity contribution is 5.86. The predicted molar refractivity (Wildman–Crippen MR) is 109 cm³/mol. The Balaban J connectivity index is 1.51. The van der Waals surface area contributed by atoms with Crippen LogP contribution in [0.4, 0.5) is 10.2 Å². The van der Waals surface area contributed by atoms with E-state index in [1.54, 1.807) is 17.6 Å². The second-order valence-corrected chi connectivity index (χ2v) is 7.30. The molecule has 0 aliphatic heterocycles. The molecule has 9 heteroatoms. The van der Waals surface area contributed by atoms with E-state index < -0.39 is 6.04 Å². The Morgan fingerprint density at radius 1 is 1.28 bits per heavy atom. The van der Waals surface area contributed by atoms with Crippen LogP contribution in [0.2, 0.25) is 0 Å². The third kappa shape index (κ3) is 3.39. The Hall–Kier alpha value is -3.49. The first kappa shape index (κ1) is 18.9.